The van der Waals surface area contributed by atoms with Gasteiger partial charge in [0, 0.05) is 0 Å². The Balaban J connectivity index is 1.44. The molecule has 33 heavy (non-hydrogen) atoms. The fourth-order valence-electron chi connectivity index (χ4n) is 6.55. The van der Waals surface area contributed by atoms with Crippen molar-refractivity contribution in [2.45, 2.75) is 25.4 Å². The number of benzene rings is 2. The van der Waals surface area contributed by atoms with Gasteiger partial charge in [-0.15, -0.1) is 0 Å². The van der Waals surface area contributed by atoms with Crippen LogP contribution in [0.4, 0.5) is 18.9 Å². The van der Waals surface area contributed by atoms with Crippen molar-refractivity contribution in [3.8, 4) is 17.2 Å². The van der Waals surface area contributed by atoms with E-state index in [1.54, 1.807) is 24.3 Å². The number of fused-ring (bicyclic) bond motifs is 1. The topological polar surface area (TPSA) is 55.8 Å². The van der Waals surface area contributed by atoms with Crippen LogP contribution in [-0.4, -0.2) is 18.9 Å². The summed E-state index contributed by atoms with van der Waals surface area (Å²) >= 11 is 0. The Morgan fingerprint density at radius 1 is 0.848 bits per heavy atom. The van der Waals surface area contributed by atoms with Crippen molar-refractivity contribution >= 4 is 17.5 Å². The number of nitrogens with zero attached hydrogens (tertiary/aromatic N) is 1. The number of hydrogen-bond acceptors (Lipinski definition) is 4. The van der Waals surface area contributed by atoms with Crippen LogP contribution in [-0.2, 0) is 15.8 Å². The van der Waals surface area contributed by atoms with E-state index in [-0.39, 0.29) is 29.0 Å². The molecular formula is C25H22F3NO4. The van der Waals surface area contributed by atoms with Crippen molar-refractivity contribution in [1.82, 2.24) is 0 Å². The van der Waals surface area contributed by atoms with Gasteiger partial charge < -0.3 is 9.47 Å². The van der Waals surface area contributed by atoms with Crippen LogP contribution in [0.3, 0.4) is 0 Å². The highest BCUT2D eigenvalue weighted by Crippen LogP contribution is 2.68. The minimum Gasteiger partial charge on any atom is -0.493 e. The Labute approximate surface area is 188 Å². The molecule has 2 amide bonds. The SMILES string of the molecule is COc1ccccc1Oc1ccc(C(F)(F)F)cc1N1C(=O)[C@@H]2[C@@H]3CC[C@@H]([C@@H]4C[C@@H]43)[C@@H]2C1=O. The second kappa shape index (κ2) is 6.98. The molecule has 4 aliphatic carbocycles. The van der Waals surface area contributed by atoms with Crippen LogP contribution in [0.15, 0.2) is 42.5 Å². The van der Waals surface area contributed by atoms with Crippen LogP contribution in [0.1, 0.15) is 24.8 Å². The molecule has 0 spiro atoms. The largest absolute Gasteiger partial charge is 0.493 e. The van der Waals surface area contributed by atoms with E-state index >= 15 is 0 Å². The van der Waals surface area contributed by atoms with Gasteiger partial charge in [-0.2, -0.15) is 13.2 Å². The lowest BCUT2D eigenvalue weighted by Gasteiger charge is -2.42. The lowest BCUT2D eigenvalue weighted by atomic mass is 9.59. The Morgan fingerprint density at radius 2 is 1.45 bits per heavy atom. The fourth-order valence-corrected chi connectivity index (χ4v) is 6.55. The van der Waals surface area contributed by atoms with Crippen LogP contribution in [0.25, 0.3) is 0 Å². The molecule has 1 aliphatic heterocycles. The van der Waals surface area contributed by atoms with Crippen LogP contribution in [0, 0.1) is 35.5 Å². The first-order valence-electron chi connectivity index (χ1n) is 11.2. The van der Waals surface area contributed by atoms with Gasteiger partial charge in [0.05, 0.1) is 30.2 Å². The molecule has 7 rings (SSSR count). The van der Waals surface area contributed by atoms with E-state index in [0.29, 0.717) is 17.6 Å². The van der Waals surface area contributed by atoms with E-state index in [1.165, 1.54) is 13.2 Å². The number of amides is 2. The maximum Gasteiger partial charge on any atom is 0.416 e. The first kappa shape index (κ1) is 20.6. The normalized spacial score (nSPS) is 31.9. The number of imide groups is 1. The minimum atomic E-state index is -4.63. The molecule has 172 valence electrons. The molecule has 0 N–H and O–H groups in total. The summed E-state index contributed by atoms with van der Waals surface area (Å²) in [5.74, 6) is 0.260. The summed E-state index contributed by atoms with van der Waals surface area (Å²) in [6, 6.07) is 9.61. The average molecular weight is 457 g/mol. The summed E-state index contributed by atoms with van der Waals surface area (Å²) in [4.78, 5) is 28.0. The molecule has 4 saturated carbocycles. The molecule has 8 heteroatoms. The highest BCUT2D eigenvalue weighted by atomic mass is 19.4. The lowest BCUT2D eigenvalue weighted by molar-refractivity contribution is -0.137. The first-order valence-corrected chi connectivity index (χ1v) is 11.2. The molecule has 1 heterocycles. The third kappa shape index (κ3) is 2.99. The molecule has 5 aliphatic rings. The quantitative estimate of drug-likeness (QED) is 0.586. The molecule has 0 unspecified atom stereocenters. The molecule has 2 aromatic rings. The summed E-state index contributed by atoms with van der Waals surface area (Å²) in [6.45, 7) is 0. The molecule has 1 saturated heterocycles. The van der Waals surface area contributed by atoms with Crippen molar-refractivity contribution in [3.05, 3.63) is 48.0 Å². The van der Waals surface area contributed by atoms with Crippen LogP contribution < -0.4 is 14.4 Å². The standard InChI is InChI=1S/C25H22F3NO4/c1-32-19-4-2-3-5-20(19)33-18-9-6-12(25(26,27)28)10-17(18)29-23(30)21-13-7-8-14(16-11-15(13)16)22(21)24(29)31/h2-6,9-10,13-16,21-22H,7-8,11H2,1H3/t13-,14+,15-,16+,21-,22+. The number of methoxy groups -OCH3 is 1. The highest BCUT2D eigenvalue weighted by molar-refractivity contribution is 6.23. The van der Waals surface area contributed by atoms with Gasteiger partial charge >= 0.3 is 6.18 Å². The van der Waals surface area contributed by atoms with Gasteiger partial charge in [0.1, 0.15) is 0 Å². The number of carbonyl (C=O) groups is 2. The number of halogens is 3. The van der Waals surface area contributed by atoms with Crippen molar-refractivity contribution in [2.24, 2.45) is 35.5 Å². The van der Waals surface area contributed by atoms with Crippen LogP contribution >= 0.6 is 0 Å². The Hall–Kier alpha value is -3.03. The van der Waals surface area contributed by atoms with E-state index in [2.05, 4.69) is 0 Å². The summed E-state index contributed by atoms with van der Waals surface area (Å²) in [7, 11) is 1.45. The van der Waals surface area contributed by atoms with Gasteiger partial charge in [-0.05, 0) is 73.3 Å². The highest BCUT2D eigenvalue weighted by Gasteiger charge is 2.68. The number of anilines is 1. The number of hydrogen-bond donors (Lipinski definition) is 0. The minimum absolute atomic E-state index is 0.00496. The monoisotopic (exact) mass is 457 g/mol. The summed E-state index contributed by atoms with van der Waals surface area (Å²) in [5.41, 5.74) is -1.10. The third-order valence-corrected chi connectivity index (χ3v) is 7.96. The van der Waals surface area contributed by atoms with Crippen LogP contribution in [0.2, 0.25) is 0 Å². The molecule has 0 aromatic heterocycles. The maximum absolute atomic E-state index is 13.6. The van der Waals surface area contributed by atoms with Crippen molar-refractivity contribution in [3.63, 3.8) is 0 Å². The number of carbonyl (C=O) groups excluding carboxylic acids is 2. The van der Waals surface area contributed by atoms with Gasteiger partial charge in [0.15, 0.2) is 17.2 Å². The van der Waals surface area contributed by atoms with E-state index < -0.39 is 35.4 Å². The van der Waals surface area contributed by atoms with Crippen molar-refractivity contribution in [2.75, 3.05) is 12.0 Å². The predicted molar refractivity (Wildman–Crippen MR) is 112 cm³/mol. The predicted octanol–water partition coefficient (Wildman–Crippen LogP) is 5.29. The van der Waals surface area contributed by atoms with Gasteiger partial charge in [0.25, 0.3) is 0 Å². The first-order chi connectivity index (χ1) is 15.8. The summed E-state index contributed by atoms with van der Waals surface area (Å²) in [6.07, 6.45) is -1.74. The molecule has 5 fully saturated rings. The summed E-state index contributed by atoms with van der Waals surface area (Å²) < 4.78 is 51.9. The molecule has 6 atom stereocenters. The van der Waals surface area contributed by atoms with Gasteiger partial charge in [0.2, 0.25) is 11.8 Å². The Morgan fingerprint density at radius 3 is 2.03 bits per heavy atom. The second-order valence-corrected chi connectivity index (χ2v) is 9.47. The zero-order valence-corrected chi connectivity index (χ0v) is 17.8. The van der Waals surface area contributed by atoms with E-state index in [1.807, 2.05) is 0 Å². The van der Waals surface area contributed by atoms with Gasteiger partial charge in [-0.3, -0.25) is 9.59 Å². The number of alkyl halides is 3. The molecule has 0 radical (unpaired) electrons. The van der Waals surface area contributed by atoms with Crippen LogP contribution in [0.5, 0.6) is 17.2 Å². The van der Waals surface area contributed by atoms with E-state index in [4.69, 9.17) is 9.47 Å². The maximum atomic E-state index is 13.6. The molecule has 2 bridgehead atoms. The van der Waals surface area contributed by atoms with Gasteiger partial charge in [-0.1, -0.05) is 12.1 Å². The number of ether oxygens (including phenoxy) is 2. The average Bonchev–Trinajstić information content (AvgIpc) is 3.57. The zero-order chi connectivity index (χ0) is 23.1. The van der Waals surface area contributed by atoms with Crippen molar-refractivity contribution < 1.29 is 32.2 Å². The van der Waals surface area contributed by atoms with E-state index in [0.717, 1.165) is 36.3 Å². The van der Waals surface area contributed by atoms with Crippen molar-refractivity contribution in [1.29, 1.82) is 0 Å². The number of rotatable bonds is 4. The Bertz CT molecular complexity index is 1130. The number of para-hydroxylation sites is 2. The van der Waals surface area contributed by atoms with E-state index in [9.17, 15) is 22.8 Å². The fraction of sp³-hybridized carbons (Fsp3) is 0.440. The molecule has 5 nitrogen and oxygen atoms in total. The second-order valence-electron chi connectivity index (χ2n) is 9.47. The molecular weight excluding hydrogens is 435 g/mol. The third-order valence-electron chi connectivity index (χ3n) is 7.96. The lowest BCUT2D eigenvalue weighted by Crippen LogP contribution is -2.43. The zero-order valence-electron chi connectivity index (χ0n) is 17.8. The Kier molecular flexibility index (Phi) is 4.35. The molecule has 2 aromatic carbocycles. The van der Waals surface area contributed by atoms with Gasteiger partial charge in [-0.25, -0.2) is 4.90 Å². The smallest absolute Gasteiger partial charge is 0.416 e. The summed E-state index contributed by atoms with van der Waals surface area (Å²) in [5, 5.41) is 0.